The van der Waals surface area contributed by atoms with Crippen molar-refractivity contribution >= 4 is 21.8 Å². The van der Waals surface area contributed by atoms with Crippen LogP contribution in [0.1, 0.15) is 40.7 Å². The molecular formula is C24H31N3O5S. The molecule has 1 fully saturated rings. The van der Waals surface area contributed by atoms with Gasteiger partial charge in [-0.2, -0.15) is 4.31 Å². The molecule has 2 amide bonds. The first kappa shape index (κ1) is 24.7. The minimum atomic E-state index is -3.56. The molecule has 0 aliphatic carbocycles. The average Bonchev–Trinajstić information content (AvgIpc) is 2.80. The van der Waals surface area contributed by atoms with E-state index in [2.05, 4.69) is 10.6 Å². The summed E-state index contributed by atoms with van der Waals surface area (Å²) >= 11 is 0. The lowest BCUT2D eigenvalue weighted by atomic mass is 9.97. The number of nitrogens with one attached hydrogen (secondary N) is 2. The van der Waals surface area contributed by atoms with Crippen molar-refractivity contribution in [1.82, 2.24) is 14.9 Å². The molecule has 0 unspecified atom stereocenters. The van der Waals surface area contributed by atoms with Gasteiger partial charge in [-0.1, -0.05) is 12.1 Å². The van der Waals surface area contributed by atoms with Crippen LogP contribution in [0.3, 0.4) is 0 Å². The fourth-order valence-corrected chi connectivity index (χ4v) is 5.33. The summed E-state index contributed by atoms with van der Waals surface area (Å²) in [6.07, 6.45) is 1.52. The van der Waals surface area contributed by atoms with E-state index in [9.17, 15) is 23.1 Å². The number of benzene rings is 2. The summed E-state index contributed by atoms with van der Waals surface area (Å²) in [5, 5.41) is 15.1. The smallest absolute Gasteiger partial charge is 0.251 e. The van der Waals surface area contributed by atoms with Gasteiger partial charge in [-0.3, -0.25) is 9.59 Å². The number of carbonyl (C=O) groups is 2. The molecule has 0 spiro atoms. The van der Waals surface area contributed by atoms with Gasteiger partial charge < -0.3 is 15.7 Å². The van der Waals surface area contributed by atoms with Crippen LogP contribution in [0.15, 0.2) is 47.4 Å². The molecule has 33 heavy (non-hydrogen) atoms. The highest BCUT2D eigenvalue weighted by Gasteiger charge is 2.32. The summed E-state index contributed by atoms with van der Waals surface area (Å²) in [6, 6.07) is 11.2. The highest BCUT2D eigenvalue weighted by Crippen LogP contribution is 2.25. The maximum absolute atomic E-state index is 12.9. The number of hydrogen-bond acceptors (Lipinski definition) is 5. The van der Waals surface area contributed by atoms with Gasteiger partial charge in [0.1, 0.15) is 5.75 Å². The van der Waals surface area contributed by atoms with Gasteiger partial charge in [0.15, 0.2) is 0 Å². The molecule has 0 saturated carbocycles. The highest BCUT2D eigenvalue weighted by molar-refractivity contribution is 7.89. The number of amides is 2. The summed E-state index contributed by atoms with van der Waals surface area (Å²) in [4.78, 5) is 24.8. The second kappa shape index (κ2) is 10.8. The van der Waals surface area contributed by atoms with Crippen LogP contribution in [0.2, 0.25) is 0 Å². The third-order valence-corrected chi connectivity index (χ3v) is 7.88. The number of aryl methyl sites for hydroxylation is 2. The Labute approximate surface area is 195 Å². The number of phenols is 1. The van der Waals surface area contributed by atoms with Gasteiger partial charge in [0.05, 0.1) is 4.90 Å². The Kier molecular flexibility index (Phi) is 8.10. The van der Waals surface area contributed by atoms with Gasteiger partial charge >= 0.3 is 0 Å². The van der Waals surface area contributed by atoms with Crippen molar-refractivity contribution in [1.29, 1.82) is 0 Å². The molecule has 3 N–H and O–H groups in total. The van der Waals surface area contributed by atoms with Crippen LogP contribution in [0.5, 0.6) is 5.75 Å². The number of nitrogens with zero attached hydrogens (tertiary/aromatic N) is 1. The van der Waals surface area contributed by atoms with Crippen molar-refractivity contribution in [2.24, 2.45) is 5.92 Å². The van der Waals surface area contributed by atoms with Crippen LogP contribution in [-0.2, 0) is 14.8 Å². The van der Waals surface area contributed by atoms with Gasteiger partial charge in [0, 0.05) is 37.7 Å². The van der Waals surface area contributed by atoms with Gasteiger partial charge in [-0.15, -0.1) is 0 Å². The number of piperidine rings is 1. The summed E-state index contributed by atoms with van der Waals surface area (Å²) < 4.78 is 27.3. The van der Waals surface area contributed by atoms with Gasteiger partial charge in [0.2, 0.25) is 15.9 Å². The zero-order chi connectivity index (χ0) is 24.0. The van der Waals surface area contributed by atoms with E-state index in [1.54, 1.807) is 24.3 Å². The van der Waals surface area contributed by atoms with Crippen molar-refractivity contribution < 1.29 is 23.1 Å². The van der Waals surface area contributed by atoms with Crippen molar-refractivity contribution in [3.05, 3.63) is 59.2 Å². The number of sulfonamides is 1. The van der Waals surface area contributed by atoms with E-state index in [1.807, 2.05) is 19.9 Å². The van der Waals surface area contributed by atoms with Crippen molar-refractivity contribution in [3.8, 4) is 5.75 Å². The quantitative estimate of drug-likeness (QED) is 0.509. The van der Waals surface area contributed by atoms with Crippen LogP contribution in [-0.4, -0.2) is 55.8 Å². The molecule has 9 heteroatoms. The first-order valence-corrected chi connectivity index (χ1v) is 12.5. The van der Waals surface area contributed by atoms with E-state index < -0.39 is 10.0 Å². The third kappa shape index (κ3) is 6.33. The van der Waals surface area contributed by atoms with E-state index >= 15 is 0 Å². The summed E-state index contributed by atoms with van der Waals surface area (Å²) in [5.74, 6) is -0.562. The second-order valence-corrected chi connectivity index (χ2v) is 10.3. The van der Waals surface area contributed by atoms with E-state index in [4.69, 9.17) is 0 Å². The number of hydrogen-bond donors (Lipinski definition) is 3. The van der Waals surface area contributed by atoms with E-state index in [0.29, 0.717) is 55.9 Å². The maximum atomic E-state index is 12.9. The summed E-state index contributed by atoms with van der Waals surface area (Å²) in [5.41, 5.74) is 2.35. The van der Waals surface area contributed by atoms with Crippen molar-refractivity contribution in [3.63, 3.8) is 0 Å². The van der Waals surface area contributed by atoms with Crippen LogP contribution in [0, 0.1) is 19.8 Å². The Balaban J connectivity index is 1.39. The SMILES string of the molecule is Cc1ccc(S(=O)(=O)N2CCC(C(=O)NCCCNC(=O)c3cccc(O)c3)CC2)cc1C. The Morgan fingerprint density at radius 1 is 1.00 bits per heavy atom. The lowest BCUT2D eigenvalue weighted by molar-refractivity contribution is -0.126. The lowest BCUT2D eigenvalue weighted by Crippen LogP contribution is -2.43. The predicted molar refractivity (Wildman–Crippen MR) is 125 cm³/mol. The predicted octanol–water partition coefficient (Wildman–Crippen LogP) is 2.35. The molecule has 0 bridgehead atoms. The zero-order valence-electron chi connectivity index (χ0n) is 19.0. The first-order valence-electron chi connectivity index (χ1n) is 11.1. The number of phenolic OH excluding ortho intramolecular Hbond substituents is 1. The molecule has 1 saturated heterocycles. The molecule has 1 aliphatic rings. The average molecular weight is 474 g/mol. The van der Waals surface area contributed by atoms with E-state index in [-0.39, 0.29) is 23.5 Å². The van der Waals surface area contributed by atoms with Gasteiger partial charge in [-0.05, 0) is 74.6 Å². The summed E-state index contributed by atoms with van der Waals surface area (Å²) in [7, 11) is -3.56. The maximum Gasteiger partial charge on any atom is 0.251 e. The van der Waals surface area contributed by atoms with Crippen LogP contribution in [0.25, 0.3) is 0 Å². The molecule has 1 heterocycles. The molecule has 0 atom stereocenters. The fraction of sp³-hybridized carbons (Fsp3) is 0.417. The molecule has 2 aromatic rings. The Morgan fingerprint density at radius 2 is 1.70 bits per heavy atom. The standard InChI is InChI=1S/C24H31N3O5S/c1-17-7-8-22(15-18(17)2)33(31,32)27-13-9-19(10-14-27)23(29)25-11-4-12-26-24(30)20-5-3-6-21(28)16-20/h3,5-8,15-16,19,28H,4,9-14H2,1-2H3,(H,25,29)(H,26,30). The zero-order valence-corrected chi connectivity index (χ0v) is 19.8. The number of rotatable bonds is 8. The first-order chi connectivity index (χ1) is 15.7. The topological polar surface area (TPSA) is 116 Å². The molecule has 1 aliphatic heterocycles. The molecular weight excluding hydrogens is 442 g/mol. The Hall–Kier alpha value is -2.91. The van der Waals surface area contributed by atoms with Gasteiger partial charge in [-0.25, -0.2) is 8.42 Å². The second-order valence-electron chi connectivity index (χ2n) is 8.38. The molecule has 2 aromatic carbocycles. The fourth-order valence-electron chi connectivity index (χ4n) is 3.78. The minimum absolute atomic E-state index is 0.0303. The van der Waals surface area contributed by atoms with Crippen molar-refractivity contribution in [2.75, 3.05) is 26.2 Å². The Bertz CT molecular complexity index is 1110. The lowest BCUT2D eigenvalue weighted by Gasteiger charge is -2.30. The largest absolute Gasteiger partial charge is 0.508 e. The monoisotopic (exact) mass is 473 g/mol. The Morgan fingerprint density at radius 3 is 2.36 bits per heavy atom. The van der Waals surface area contributed by atoms with E-state index in [1.165, 1.54) is 16.4 Å². The molecule has 3 rings (SSSR count). The van der Waals surface area contributed by atoms with Crippen LogP contribution >= 0.6 is 0 Å². The van der Waals surface area contributed by atoms with Crippen LogP contribution in [0.4, 0.5) is 0 Å². The number of aromatic hydroxyl groups is 1. The normalized spacial score (nSPS) is 15.2. The third-order valence-electron chi connectivity index (χ3n) is 5.99. The van der Waals surface area contributed by atoms with E-state index in [0.717, 1.165) is 11.1 Å². The van der Waals surface area contributed by atoms with Crippen LogP contribution < -0.4 is 10.6 Å². The van der Waals surface area contributed by atoms with Crippen molar-refractivity contribution in [2.45, 2.75) is 38.0 Å². The highest BCUT2D eigenvalue weighted by atomic mass is 32.2. The molecule has 0 aromatic heterocycles. The minimum Gasteiger partial charge on any atom is -0.508 e. The summed E-state index contributed by atoms with van der Waals surface area (Å²) in [6.45, 7) is 5.27. The molecule has 178 valence electrons. The number of carbonyl (C=O) groups excluding carboxylic acids is 2. The van der Waals surface area contributed by atoms with Gasteiger partial charge in [0.25, 0.3) is 5.91 Å². The molecule has 0 radical (unpaired) electrons. The molecule has 8 nitrogen and oxygen atoms in total.